The summed E-state index contributed by atoms with van der Waals surface area (Å²) >= 11 is 13.9. The van der Waals surface area contributed by atoms with Crippen LogP contribution in [0.5, 0.6) is 0 Å². The van der Waals surface area contributed by atoms with Crippen molar-refractivity contribution in [3.63, 3.8) is 0 Å². The predicted octanol–water partition coefficient (Wildman–Crippen LogP) is 5.76. The summed E-state index contributed by atoms with van der Waals surface area (Å²) in [6.45, 7) is 10.1. The van der Waals surface area contributed by atoms with Crippen molar-refractivity contribution >= 4 is 46.0 Å². The van der Waals surface area contributed by atoms with Gasteiger partial charge in [0, 0.05) is 35.4 Å². The summed E-state index contributed by atoms with van der Waals surface area (Å²) in [5.41, 5.74) is 2.48. The number of thioether (sulfide) groups is 1. The van der Waals surface area contributed by atoms with Crippen molar-refractivity contribution in [1.82, 2.24) is 14.7 Å². The van der Waals surface area contributed by atoms with Crippen molar-refractivity contribution in [2.75, 3.05) is 26.7 Å². The number of likely N-dealkylation sites (tertiary alicyclic amines) is 1. The minimum Gasteiger partial charge on any atom is -0.390 e. The second-order valence-corrected chi connectivity index (χ2v) is 12.6. The second-order valence-electron chi connectivity index (χ2n) is 10.8. The average Bonchev–Trinajstić information content (AvgIpc) is 3.49. The van der Waals surface area contributed by atoms with Crippen molar-refractivity contribution in [1.29, 1.82) is 0 Å². The number of carbonyl (C=O) groups is 1. The van der Waals surface area contributed by atoms with Gasteiger partial charge in [0.1, 0.15) is 10.4 Å². The van der Waals surface area contributed by atoms with Gasteiger partial charge in [-0.05, 0) is 74.0 Å². The van der Waals surface area contributed by atoms with Crippen molar-refractivity contribution < 1.29 is 9.90 Å². The summed E-state index contributed by atoms with van der Waals surface area (Å²) in [5, 5.41) is 12.9. The van der Waals surface area contributed by atoms with Gasteiger partial charge in [0.25, 0.3) is 5.91 Å². The zero-order valence-electron chi connectivity index (χ0n) is 22.4. The zero-order valence-corrected chi connectivity index (χ0v) is 24.7. The molecule has 1 fully saturated rings. The van der Waals surface area contributed by atoms with Gasteiger partial charge in [-0.15, -0.1) is 0 Å². The van der Waals surface area contributed by atoms with Crippen LogP contribution in [0.4, 0.5) is 0 Å². The lowest BCUT2D eigenvalue weighted by molar-refractivity contribution is -0.130. The molecule has 1 N–H and O–H groups in total. The fourth-order valence-electron chi connectivity index (χ4n) is 5.99. The largest absolute Gasteiger partial charge is 0.390 e. The maximum Gasteiger partial charge on any atom is 0.262 e. The lowest BCUT2D eigenvalue weighted by Crippen LogP contribution is -2.47. The van der Waals surface area contributed by atoms with Gasteiger partial charge in [-0.3, -0.25) is 4.79 Å². The highest BCUT2D eigenvalue weighted by Crippen LogP contribution is 2.56. The highest BCUT2D eigenvalue weighted by molar-refractivity contribution is 8.18. The summed E-state index contributed by atoms with van der Waals surface area (Å²) in [4.78, 5) is 26.3. The van der Waals surface area contributed by atoms with Crippen LogP contribution in [0, 0.1) is 5.92 Å². The molecule has 38 heavy (non-hydrogen) atoms. The van der Waals surface area contributed by atoms with Crippen LogP contribution >= 0.6 is 35.0 Å². The molecule has 0 aromatic heterocycles. The molecule has 0 unspecified atom stereocenters. The molecule has 2 aromatic carbocycles. The monoisotopic (exact) mass is 572 g/mol. The third-order valence-corrected chi connectivity index (χ3v) is 9.37. The molecule has 3 aliphatic heterocycles. The maximum absolute atomic E-state index is 14.1. The van der Waals surface area contributed by atoms with Gasteiger partial charge in [0.2, 0.25) is 0 Å². The maximum atomic E-state index is 14.1. The van der Waals surface area contributed by atoms with Crippen LogP contribution in [0.2, 0.25) is 10.0 Å². The fourth-order valence-corrected chi connectivity index (χ4v) is 7.60. The number of aliphatic imine (C=N–C) groups is 1. The van der Waals surface area contributed by atoms with Crippen LogP contribution in [0.3, 0.4) is 0 Å². The molecule has 5 rings (SSSR count). The normalized spacial score (nSPS) is 27.3. The van der Waals surface area contributed by atoms with E-state index in [1.165, 1.54) is 11.8 Å². The van der Waals surface area contributed by atoms with E-state index >= 15 is 0 Å². The number of allylic oxidation sites excluding steroid dienone is 1. The van der Waals surface area contributed by atoms with Gasteiger partial charge in [-0.1, -0.05) is 61.3 Å². The Morgan fingerprint density at radius 2 is 1.74 bits per heavy atom. The molecule has 6 nitrogen and oxygen atoms in total. The number of fused-ring (bicyclic) bond motifs is 1. The molecule has 0 spiro atoms. The quantitative estimate of drug-likeness (QED) is 0.477. The van der Waals surface area contributed by atoms with E-state index < -0.39 is 11.6 Å². The second kappa shape index (κ2) is 10.5. The molecular formula is C29H34Cl2N4O2S. The highest BCUT2D eigenvalue weighted by atomic mass is 35.5. The smallest absolute Gasteiger partial charge is 0.262 e. The first-order valence-electron chi connectivity index (χ1n) is 13.0. The van der Waals surface area contributed by atoms with Crippen LogP contribution in [0.1, 0.15) is 44.9 Å². The summed E-state index contributed by atoms with van der Waals surface area (Å²) in [5.74, 6) is 0.0344. The van der Waals surface area contributed by atoms with Crippen LogP contribution in [-0.2, 0) is 10.3 Å². The van der Waals surface area contributed by atoms with Crippen LogP contribution in [-0.4, -0.2) is 69.7 Å². The Balaban J connectivity index is 1.61. The van der Waals surface area contributed by atoms with E-state index in [0.717, 1.165) is 22.0 Å². The lowest BCUT2D eigenvalue weighted by atomic mass is 9.81. The number of benzene rings is 2. The molecule has 1 saturated heterocycles. The first-order valence-corrected chi connectivity index (χ1v) is 14.6. The van der Waals surface area contributed by atoms with Gasteiger partial charge in [-0.25, -0.2) is 4.99 Å². The SMILES string of the molecule is CCN(C(=O)C1=C(C(C)C)N2C(=N[C@@](C)(c3ccc(Cl)cc3)[C@H]2c2ccc(Cl)cc2)S1)[C@H]1CN(C)C[C@H]1O. The van der Waals surface area contributed by atoms with Crippen LogP contribution in [0.25, 0.3) is 0 Å². The number of hydrogen-bond acceptors (Lipinski definition) is 6. The van der Waals surface area contributed by atoms with Crippen LogP contribution < -0.4 is 0 Å². The molecule has 3 aliphatic rings. The first kappa shape index (κ1) is 27.5. The van der Waals surface area contributed by atoms with Gasteiger partial charge in [-0.2, -0.15) is 0 Å². The van der Waals surface area contributed by atoms with E-state index in [-0.39, 0.29) is 23.9 Å². The standard InChI is InChI=1S/C29H34Cl2N4O2S/c1-6-34(22-15-33(5)16-23(22)36)27(37)25-24(17(2)3)35-26(18-7-11-20(30)12-8-18)29(4,32-28(35)38-25)19-9-13-21(31)14-10-19/h7-14,17,22-23,26,36H,6,15-16H2,1-5H3/t22-,23+,26+,29-/m0/s1. The number of aliphatic hydroxyl groups is 1. The Bertz CT molecular complexity index is 1280. The molecule has 0 saturated carbocycles. The fraction of sp³-hybridized carbons (Fsp3) is 0.448. The minimum absolute atomic E-state index is 0.0410. The van der Waals surface area contributed by atoms with Crippen molar-refractivity contribution in [3.05, 3.63) is 80.3 Å². The molecule has 0 aliphatic carbocycles. The highest BCUT2D eigenvalue weighted by Gasteiger charge is 2.53. The molecule has 0 bridgehead atoms. The van der Waals surface area contributed by atoms with Gasteiger partial charge in [0.15, 0.2) is 5.17 Å². The predicted molar refractivity (Wildman–Crippen MR) is 156 cm³/mol. The molecule has 9 heteroatoms. The van der Waals surface area contributed by atoms with Crippen molar-refractivity contribution in [2.45, 2.75) is 51.4 Å². The summed E-state index contributed by atoms with van der Waals surface area (Å²) in [6, 6.07) is 15.4. The van der Waals surface area contributed by atoms with Crippen molar-refractivity contribution in [2.24, 2.45) is 10.9 Å². The molecular weight excluding hydrogens is 539 g/mol. The van der Waals surface area contributed by atoms with E-state index in [4.69, 9.17) is 28.2 Å². The number of β-amino-alcohol motifs (C(OH)–C–C–N with tert-alkyl or cyclic N) is 1. The van der Waals surface area contributed by atoms with Gasteiger partial charge in [0.05, 0.1) is 18.2 Å². The number of amides is 1. The molecule has 2 aromatic rings. The molecule has 1 amide bonds. The Morgan fingerprint density at radius 3 is 2.26 bits per heavy atom. The lowest BCUT2D eigenvalue weighted by Gasteiger charge is -2.37. The topological polar surface area (TPSA) is 59.4 Å². The third kappa shape index (κ3) is 4.66. The number of hydrogen-bond donors (Lipinski definition) is 1. The summed E-state index contributed by atoms with van der Waals surface area (Å²) in [7, 11) is 1.98. The summed E-state index contributed by atoms with van der Waals surface area (Å²) in [6.07, 6.45) is -0.564. The van der Waals surface area contributed by atoms with E-state index in [1.54, 1.807) is 0 Å². The number of nitrogens with zero attached hydrogens (tertiary/aromatic N) is 4. The first-order chi connectivity index (χ1) is 18.0. The van der Waals surface area contributed by atoms with Gasteiger partial charge < -0.3 is 19.8 Å². The van der Waals surface area contributed by atoms with Crippen molar-refractivity contribution in [3.8, 4) is 0 Å². The van der Waals surface area contributed by atoms with E-state index in [1.807, 2.05) is 67.4 Å². The molecule has 3 heterocycles. The van der Waals surface area contributed by atoms with Gasteiger partial charge >= 0.3 is 0 Å². The number of likely N-dealkylation sites (N-methyl/N-ethyl adjacent to an activating group) is 2. The average molecular weight is 574 g/mol. The Labute approximate surface area is 239 Å². The number of amidine groups is 1. The Morgan fingerprint density at radius 1 is 1.13 bits per heavy atom. The Kier molecular flexibility index (Phi) is 7.61. The zero-order chi connectivity index (χ0) is 27.4. The molecule has 4 atom stereocenters. The Hall–Kier alpha value is -2.03. The number of carbonyl (C=O) groups excluding carboxylic acids is 1. The minimum atomic E-state index is -0.607. The third-order valence-electron chi connectivity index (χ3n) is 7.81. The number of aliphatic hydroxyl groups excluding tert-OH is 1. The summed E-state index contributed by atoms with van der Waals surface area (Å²) < 4.78 is 0. The molecule has 202 valence electrons. The van der Waals surface area contributed by atoms with Crippen LogP contribution in [0.15, 0.2) is 64.1 Å². The van der Waals surface area contributed by atoms with E-state index in [2.05, 4.69) is 30.6 Å². The van der Waals surface area contributed by atoms with E-state index in [9.17, 15) is 9.90 Å². The van der Waals surface area contributed by atoms with E-state index in [0.29, 0.717) is 34.6 Å². The number of halogens is 2. The number of rotatable bonds is 6. The molecule has 0 radical (unpaired) electrons.